The number of piperidine rings is 1. The molecule has 9 heteroatoms. The topological polar surface area (TPSA) is 93.6 Å². The first-order valence-electron chi connectivity index (χ1n) is 7.75. The summed E-state index contributed by atoms with van der Waals surface area (Å²) in [7, 11) is -3.81. The Labute approximate surface area is 143 Å². The van der Waals surface area contributed by atoms with E-state index < -0.39 is 10.0 Å². The number of anilines is 1. The van der Waals surface area contributed by atoms with Crippen LogP contribution in [0.2, 0.25) is 0 Å². The Hall–Kier alpha value is -1.97. The minimum Gasteiger partial charge on any atom is -0.372 e. The Kier molecular flexibility index (Phi) is 3.78. The monoisotopic (exact) mass is 363 g/mol. The van der Waals surface area contributed by atoms with Crippen molar-refractivity contribution < 1.29 is 8.42 Å². The number of hydrogen-bond acceptors (Lipinski definition) is 6. The third-order valence-electron chi connectivity index (χ3n) is 4.19. The Balaban J connectivity index is 1.68. The fourth-order valence-electron chi connectivity index (χ4n) is 2.98. The van der Waals surface area contributed by atoms with Gasteiger partial charge in [0.25, 0.3) is 10.0 Å². The molecule has 1 aliphatic heterocycles. The highest BCUT2D eigenvalue weighted by Crippen LogP contribution is 2.27. The van der Waals surface area contributed by atoms with Gasteiger partial charge in [-0.05, 0) is 31.4 Å². The molecule has 1 aromatic carbocycles. The molecule has 3 aromatic rings. The van der Waals surface area contributed by atoms with E-state index in [9.17, 15) is 8.42 Å². The van der Waals surface area contributed by atoms with Crippen molar-refractivity contribution in [1.82, 2.24) is 14.6 Å². The van der Waals surface area contributed by atoms with Crippen LogP contribution in [-0.2, 0) is 10.0 Å². The average Bonchev–Trinajstić information content (AvgIpc) is 3.16. The van der Waals surface area contributed by atoms with Gasteiger partial charge in [-0.2, -0.15) is 0 Å². The normalized spacial score (nSPS) is 16.0. The van der Waals surface area contributed by atoms with E-state index in [1.54, 1.807) is 6.20 Å². The summed E-state index contributed by atoms with van der Waals surface area (Å²) in [4.78, 5) is 7.13. The van der Waals surface area contributed by atoms with Gasteiger partial charge in [0.1, 0.15) is 0 Å². The first-order valence-corrected chi connectivity index (χ1v) is 10.1. The molecule has 0 spiro atoms. The molecule has 1 aliphatic rings. The molecule has 0 bridgehead atoms. The van der Waals surface area contributed by atoms with Gasteiger partial charge in [-0.1, -0.05) is 23.5 Å². The Bertz CT molecular complexity index is 969. The number of sulfonamides is 1. The zero-order valence-corrected chi connectivity index (χ0v) is 14.6. The summed E-state index contributed by atoms with van der Waals surface area (Å²) in [6.07, 6.45) is 5.47. The van der Waals surface area contributed by atoms with Crippen LogP contribution >= 0.6 is 11.3 Å². The van der Waals surface area contributed by atoms with Crippen LogP contribution in [0.25, 0.3) is 16.2 Å². The maximum absolute atomic E-state index is 11.4. The van der Waals surface area contributed by atoms with Crippen LogP contribution in [0.1, 0.15) is 19.3 Å². The van der Waals surface area contributed by atoms with Crippen molar-refractivity contribution in [2.75, 3.05) is 18.0 Å². The molecule has 0 amide bonds. The highest BCUT2D eigenvalue weighted by atomic mass is 32.2. The molecule has 4 rings (SSSR count). The van der Waals surface area contributed by atoms with Gasteiger partial charge in [-0.15, -0.1) is 5.10 Å². The van der Waals surface area contributed by atoms with Crippen molar-refractivity contribution >= 4 is 32.0 Å². The fraction of sp³-hybridized carbons (Fsp3) is 0.333. The molecular formula is C15H17N5O2S2. The van der Waals surface area contributed by atoms with E-state index in [0.717, 1.165) is 35.7 Å². The van der Waals surface area contributed by atoms with Gasteiger partial charge in [0.2, 0.25) is 9.30 Å². The molecule has 2 N–H and O–H groups in total. The summed E-state index contributed by atoms with van der Waals surface area (Å²) in [6.45, 7) is 2.19. The van der Waals surface area contributed by atoms with Crippen LogP contribution < -0.4 is 10.0 Å². The molecule has 2 aromatic heterocycles. The van der Waals surface area contributed by atoms with Crippen molar-refractivity contribution in [3.8, 4) is 11.3 Å². The Morgan fingerprint density at radius 3 is 2.46 bits per heavy atom. The predicted octanol–water partition coefficient (Wildman–Crippen LogP) is 2.10. The number of benzene rings is 1. The molecule has 24 heavy (non-hydrogen) atoms. The minimum atomic E-state index is -3.81. The lowest BCUT2D eigenvalue weighted by atomic mass is 10.1. The van der Waals surface area contributed by atoms with Crippen LogP contribution in [-0.4, -0.2) is 36.1 Å². The molecule has 0 atom stereocenters. The second-order valence-electron chi connectivity index (χ2n) is 5.85. The molecule has 0 unspecified atom stereocenters. The standard InChI is InChI=1S/C15H17N5O2S2/c16-24(21,22)15-18-20-13(10-17-14(20)23-15)11-4-6-12(7-5-11)19-8-2-1-3-9-19/h4-7,10H,1-3,8-9H2,(H2,16,21,22). The van der Waals surface area contributed by atoms with E-state index in [0.29, 0.717) is 4.96 Å². The Morgan fingerprint density at radius 1 is 1.08 bits per heavy atom. The third kappa shape index (κ3) is 2.79. The third-order valence-corrected chi connectivity index (χ3v) is 6.43. The van der Waals surface area contributed by atoms with E-state index in [-0.39, 0.29) is 4.34 Å². The number of imidazole rings is 1. The highest BCUT2D eigenvalue weighted by molar-refractivity contribution is 7.91. The van der Waals surface area contributed by atoms with Crippen LogP contribution in [0, 0.1) is 0 Å². The molecular weight excluding hydrogens is 346 g/mol. The predicted molar refractivity (Wildman–Crippen MR) is 93.7 cm³/mol. The molecule has 3 heterocycles. The number of hydrogen-bond donors (Lipinski definition) is 1. The van der Waals surface area contributed by atoms with Gasteiger partial charge in [0.15, 0.2) is 0 Å². The van der Waals surface area contributed by atoms with Crippen LogP contribution in [0.3, 0.4) is 0 Å². The second kappa shape index (κ2) is 5.83. The largest absolute Gasteiger partial charge is 0.372 e. The summed E-state index contributed by atoms with van der Waals surface area (Å²) in [6, 6.07) is 8.21. The molecule has 0 radical (unpaired) electrons. The van der Waals surface area contributed by atoms with Crippen molar-refractivity contribution in [2.45, 2.75) is 23.6 Å². The van der Waals surface area contributed by atoms with Crippen LogP contribution in [0.4, 0.5) is 5.69 Å². The maximum atomic E-state index is 11.4. The van der Waals surface area contributed by atoms with E-state index in [1.165, 1.54) is 29.5 Å². The van der Waals surface area contributed by atoms with Gasteiger partial charge in [-0.25, -0.2) is 23.1 Å². The summed E-state index contributed by atoms with van der Waals surface area (Å²) in [5.41, 5.74) is 2.90. The summed E-state index contributed by atoms with van der Waals surface area (Å²) in [5, 5.41) is 9.23. The molecule has 1 saturated heterocycles. The average molecular weight is 363 g/mol. The highest BCUT2D eigenvalue weighted by Gasteiger charge is 2.18. The smallest absolute Gasteiger partial charge is 0.267 e. The number of fused-ring (bicyclic) bond motifs is 1. The zero-order valence-electron chi connectivity index (χ0n) is 12.9. The zero-order chi connectivity index (χ0) is 16.7. The van der Waals surface area contributed by atoms with Crippen molar-refractivity contribution in [1.29, 1.82) is 0 Å². The second-order valence-corrected chi connectivity index (χ2v) is 8.54. The maximum Gasteiger partial charge on any atom is 0.267 e. The first kappa shape index (κ1) is 15.6. The summed E-state index contributed by atoms with van der Waals surface area (Å²) < 4.78 is 24.3. The quantitative estimate of drug-likeness (QED) is 0.769. The van der Waals surface area contributed by atoms with Crippen molar-refractivity contribution in [2.24, 2.45) is 5.14 Å². The van der Waals surface area contributed by atoms with Gasteiger partial charge in [0.05, 0.1) is 11.9 Å². The van der Waals surface area contributed by atoms with E-state index in [1.807, 2.05) is 12.1 Å². The number of rotatable bonds is 3. The lowest BCUT2D eigenvalue weighted by molar-refractivity contribution is 0.578. The van der Waals surface area contributed by atoms with Gasteiger partial charge in [-0.3, -0.25) is 0 Å². The lowest BCUT2D eigenvalue weighted by Gasteiger charge is -2.28. The number of nitrogens with zero attached hydrogens (tertiary/aromatic N) is 4. The van der Waals surface area contributed by atoms with E-state index in [2.05, 4.69) is 27.1 Å². The molecule has 0 aliphatic carbocycles. The van der Waals surface area contributed by atoms with Crippen molar-refractivity contribution in [3.63, 3.8) is 0 Å². The van der Waals surface area contributed by atoms with Gasteiger partial charge >= 0.3 is 0 Å². The van der Waals surface area contributed by atoms with Gasteiger partial charge in [0, 0.05) is 24.3 Å². The molecule has 7 nitrogen and oxygen atoms in total. The van der Waals surface area contributed by atoms with E-state index in [4.69, 9.17) is 5.14 Å². The SMILES string of the molecule is NS(=O)(=O)c1nn2c(-c3ccc(N4CCCCC4)cc3)cnc2s1. The number of primary sulfonamides is 1. The molecule has 126 valence electrons. The number of aromatic nitrogens is 3. The van der Waals surface area contributed by atoms with Crippen LogP contribution in [0.5, 0.6) is 0 Å². The van der Waals surface area contributed by atoms with Gasteiger partial charge < -0.3 is 4.90 Å². The molecule has 1 fully saturated rings. The fourth-order valence-corrected chi connectivity index (χ4v) is 4.48. The van der Waals surface area contributed by atoms with Crippen LogP contribution in [0.15, 0.2) is 34.8 Å². The molecule has 0 saturated carbocycles. The summed E-state index contributed by atoms with van der Waals surface area (Å²) >= 11 is 0.965. The van der Waals surface area contributed by atoms with E-state index >= 15 is 0 Å². The first-order chi connectivity index (χ1) is 11.5. The number of nitrogens with two attached hydrogens (primary N) is 1. The Morgan fingerprint density at radius 2 is 1.79 bits per heavy atom. The minimum absolute atomic E-state index is 0.128. The summed E-state index contributed by atoms with van der Waals surface area (Å²) in [5.74, 6) is 0. The lowest BCUT2D eigenvalue weighted by Crippen LogP contribution is -2.29. The van der Waals surface area contributed by atoms with Crippen molar-refractivity contribution in [3.05, 3.63) is 30.5 Å².